The van der Waals surface area contributed by atoms with E-state index < -0.39 is 18.2 Å². The highest BCUT2D eigenvalue weighted by Crippen LogP contribution is 2.04. The Hall–Kier alpha value is -0.610. The van der Waals surface area contributed by atoms with Gasteiger partial charge in [0.25, 0.3) is 0 Å². The normalized spacial score (nSPS) is 15.8. The highest BCUT2D eigenvalue weighted by atomic mass is 16.5. The number of rotatable bonds is 6. The number of carboxylic acids is 1. The predicted octanol–water partition coefficient (Wildman–Crippen LogP) is 0.883. The van der Waals surface area contributed by atoms with Gasteiger partial charge in [-0.25, -0.2) is 4.79 Å². The first-order valence-electron chi connectivity index (χ1n) is 4.47. The van der Waals surface area contributed by atoms with E-state index >= 15 is 0 Å². The Bertz CT molecular complexity index is 154. The number of hydrogen-bond acceptors (Lipinski definition) is 3. The van der Waals surface area contributed by atoms with E-state index in [1.807, 2.05) is 13.8 Å². The molecule has 4 heteroatoms. The van der Waals surface area contributed by atoms with E-state index in [9.17, 15) is 4.79 Å². The predicted molar refractivity (Wildman–Crippen MR) is 48.5 cm³/mol. The van der Waals surface area contributed by atoms with Gasteiger partial charge < -0.3 is 14.9 Å². The third-order valence-corrected chi connectivity index (χ3v) is 1.67. The molecule has 0 aliphatic carbocycles. The molecular weight excluding hydrogens is 172 g/mol. The summed E-state index contributed by atoms with van der Waals surface area (Å²) >= 11 is 0. The molecule has 2 unspecified atom stereocenters. The monoisotopic (exact) mass is 190 g/mol. The zero-order chi connectivity index (χ0) is 10.4. The number of aliphatic carboxylic acids is 1. The molecule has 0 saturated heterocycles. The Morgan fingerprint density at radius 1 is 1.38 bits per heavy atom. The Balaban J connectivity index is 3.77. The van der Waals surface area contributed by atoms with Gasteiger partial charge in [0.1, 0.15) is 0 Å². The second-order valence-electron chi connectivity index (χ2n) is 3.55. The summed E-state index contributed by atoms with van der Waals surface area (Å²) in [5, 5.41) is 17.7. The minimum absolute atomic E-state index is 0.375. The second-order valence-corrected chi connectivity index (χ2v) is 3.55. The molecule has 13 heavy (non-hydrogen) atoms. The molecule has 2 N–H and O–H groups in total. The van der Waals surface area contributed by atoms with Gasteiger partial charge in [0, 0.05) is 6.61 Å². The summed E-state index contributed by atoms with van der Waals surface area (Å²) in [5.74, 6) is -0.637. The van der Waals surface area contributed by atoms with Gasteiger partial charge in [-0.05, 0) is 19.3 Å². The van der Waals surface area contributed by atoms with Crippen LogP contribution >= 0.6 is 0 Å². The van der Waals surface area contributed by atoms with Gasteiger partial charge in [0.15, 0.2) is 6.10 Å². The minimum Gasteiger partial charge on any atom is -0.479 e. The molecule has 0 amide bonds. The average molecular weight is 190 g/mol. The van der Waals surface area contributed by atoms with Crippen LogP contribution in [0.5, 0.6) is 0 Å². The maximum Gasteiger partial charge on any atom is 0.335 e. The van der Waals surface area contributed by atoms with Crippen molar-refractivity contribution in [3.8, 4) is 0 Å². The summed E-state index contributed by atoms with van der Waals surface area (Å²) in [7, 11) is 0. The van der Waals surface area contributed by atoms with Gasteiger partial charge in [-0.15, -0.1) is 0 Å². The average Bonchev–Trinajstić information content (AvgIpc) is 1.95. The number of carboxylic acid groups (broad SMARTS) is 1. The molecule has 0 aliphatic heterocycles. The van der Waals surface area contributed by atoms with Crippen molar-refractivity contribution in [2.24, 2.45) is 5.92 Å². The van der Waals surface area contributed by atoms with Crippen LogP contribution in [0.15, 0.2) is 0 Å². The van der Waals surface area contributed by atoms with Crippen molar-refractivity contribution in [3.63, 3.8) is 0 Å². The van der Waals surface area contributed by atoms with E-state index in [2.05, 4.69) is 0 Å². The fraction of sp³-hybridized carbons (Fsp3) is 0.889. The van der Waals surface area contributed by atoms with Crippen molar-refractivity contribution in [2.75, 3.05) is 6.61 Å². The molecule has 0 radical (unpaired) electrons. The maximum absolute atomic E-state index is 10.5. The fourth-order valence-corrected chi connectivity index (χ4v) is 0.848. The van der Waals surface area contributed by atoms with Crippen molar-refractivity contribution < 1.29 is 19.7 Å². The Morgan fingerprint density at radius 3 is 2.23 bits per heavy atom. The zero-order valence-corrected chi connectivity index (χ0v) is 8.36. The van der Waals surface area contributed by atoms with Crippen LogP contribution in [-0.2, 0) is 9.53 Å². The fourth-order valence-electron chi connectivity index (χ4n) is 0.848. The molecule has 0 rings (SSSR count). The van der Waals surface area contributed by atoms with Crippen molar-refractivity contribution in [2.45, 2.75) is 39.4 Å². The highest BCUT2D eigenvalue weighted by molar-refractivity contribution is 5.72. The van der Waals surface area contributed by atoms with Crippen LogP contribution in [0.4, 0.5) is 0 Å². The van der Waals surface area contributed by atoms with E-state index in [1.165, 1.54) is 6.92 Å². The molecule has 0 aliphatic rings. The van der Waals surface area contributed by atoms with Crippen LogP contribution in [0.1, 0.15) is 27.2 Å². The largest absolute Gasteiger partial charge is 0.479 e. The SMILES string of the molecule is CC(C)CCOC(C(=O)O)C(C)O. The van der Waals surface area contributed by atoms with E-state index in [0.29, 0.717) is 12.5 Å². The molecule has 0 fully saturated rings. The molecule has 0 heterocycles. The number of carbonyl (C=O) groups is 1. The molecular formula is C9H18O4. The van der Waals surface area contributed by atoms with Gasteiger partial charge in [-0.2, -0.15) is 0 Å². The second kappa shape index (κ2) is 5.94. The Kier molecular flexibility index (Phi) is 5.66. The van der Waals surface area contributed by atoms with Crippen LogP contribution in [0.2, 0.25) is 0 Å². The Morgan fingerprint density at radius 2 is 1.92 bits per heavy atom. The molecule has 0 bridgehead atoms. The van der Waals surface area contributed by atoms with E-state index in [1.54, 1.807) is 0 Å². The molecule has 0 aromatic rings. The first kappa shape index (κ1) is 12.4. The third kappa shape index (κ3) is 5.60. The van der Waals surface area contributed by atoms with Crippen LogP contribution < -0.4 is 0 Å². The molecule has 2 atom stereocenters. The van der Waals surface area contributed by atoms with Crippen LogP contribution in [0.3, 0.4) is 0 Å². The van der Waals surface area contributed by atoms with E-state index in [0.717, 1.165) is 6.42 Å². The third-order valence-electron chi connectivity index (χ3n) is 1.67. The first-order valence-corrected chi connectivity index (χ1v) is 4.47. The molecule has 78 valence electrons. The van der Waals surface area contributed by atoms with Gasteiger partial charge in [0.2, 0.25) is 0 Å². The summed E-state index contributed by atoms with van der Waals surface area (Å²) in [5.41, 5.74) is 0. The lowest BCUT2D eigenvalue weighted by molar-refractivity contribution is -0.157. The van der Waals surface area contributed by atoms with Crippen LogP contribution in [0, 0.1) is 5.92 Å². The van der Waals surface area contributed by atoms with Crippen molar-refractivity contribution in [3.05, 3.63) is 0 Å². The lowest BCUT2D eigenvalue weighted by Crippen LogP contribution is -2.35. The van der Waals surface area contributed by atoms with Gasteiger partial charge in [0.05, 0.1) is 6.10 Å². The molecule has 4 nitrogen and oxygen atoms in total. The zero-order valence-electron chi connectivity index (χ0n) is 8.36. The van der Waals surface area contributed by atoms with Gasteiger partial charge >= 0.3 is 5.97 Å². The molecule has 0 aromatic heterocycles. The molecule has 0 saturated carbocycles. The Labute approximate surface area is 78.5 Å². The quantitative estimate of drug-likeness (QED) is 0.652. The van der Waals surface area contributed by atoms with Crippen LogP contribution in [0.25, 0.3) is 0 Å². The number of hydrogen-bond donors (Lipinski definition) is 2. The standard InChI is InChI=1S/C9H18O4/c1-6(2)4-5-13-8(7(3)10)9(11)12/h6-8,10H,4-5H2,1-3H3,(H,11,12). The van der Waals surface area contributed by atoms with E-state index in [4.69, 9.17) is 14.9 Å². The van der Waals surface area contributed by atoms with Crippen molar-refractivity contribution >= 4 is 5.97 Å². The molecule has 0 spiro atoms. The molecule has 0 aromatic carbocycles. The summed E-state index contributed by atoms with van der Waals surface area (Å²) in [4.78, 5) is 10.5. The van der Waals surface area contributed by atoms with Gasteiger partial charge in [-0.3, -0.25) is 0 Å². The first-order chi connectivity index (χ1) is 5.95. The smallest absolute Gasteiger partial charge is 0.335 e. The van der Waals surface area contributed by atoms with Crippen molar-refractivity contribution in [1.29, 1.82) is 0 Å². The number of ether oxygens (including phenoxy) is 1. The van der Waals surface area contributed by atoms with E-state index in [-0.39, 0.29) is 0 Å². The number of aliphatic hydroxyl groups excluding tert-OH is 1. The summed E-state index contributed by atoms with van der Waals surface area (Å²) < 4.78 is 5.03. The highest BCUT2D eigenvalue weighted by Gasteiger charge is 2.23. The van der Waals surface area contributed by atoms with Crippen LogP contribution in [-0.4, -0.2) is 35.0 Å². The summed E-state index contributed by atoms with van der Waals surface area (Å²) in [6.45, 7) is 5.84. The lowest BCUT2D eigenvalue weighted by atomic mass is 10.1. The minimum atomic E-state index is -1.11. The van der Waals surface area contributed by atoms with Crippen molar-refractivity contribution in [1.82, 2.24) is 0 Å². The number of aliphatic hydroxyl groups is 1. The summed E-state index contributed by atoms with van der Waals surface area (Å²) in [6.07, 6.45) is -1.26. The summed E-state index contributed by atoms with van der Waals surface area (Å²) in [6, 6.07) is 0. The van der Waals surface area contributed by atoms with Gasteiger partial charge in [-0.1, -0.05) is 13.8 Å². The maximum atomic E-state index is 10.5. The lowest BCUT2D eigenvalue weighted by Gasteiger charge is -2.16. The topological polar surface area (TPSA) is 66.8 Å².